The van der Waals surface area contributed by atoms with Gasteiger partial charge in [0.2, 0.25) is 0 Å². The van der Waals surface area contributed by atoms with Gasteiger partial charge < -0.3 is 10.2 Å². The topological polar surface area (TPSA) is 33.1 Å². The van der Waals surface area contributed by atoms with Crippen molar-refractivity contribution < 1.29 is 4.39 Å². The fourth-order valence-corrected chi connectivity index (χ4v) is 2.48. The van der Waals surface area contributed by atoms with Crippen molar-refractivity contribution in [3.8, 4) is 5.69 Å². The van der Waals surface area contributed by atoms with E-state index in [1.165, 1.54) is 12.1 Å². The van der Waals surface area contributed by atoms with Gasteiger partial charge >= 0.3 is 0 Å². The Morgan fingerprint density at radius 3 is 2.43 bits per heavy atom. The van der Waals surface area contributed by atoms with Crippen molar-refractivity contribution in [1.82, 2.24) is 20.0 Å². The van der Waals surface area contributed by atoms with Gasteiger partial charge in [-0.15, -0.1) is 0 Å². The van der Waals surface area contributed by atoms with E-state index in [2.05, 4.69) is 43.3 Å². The molecule has 23 heavy (non-hydrogen) atoms. The van der Waals surface area contributed by atoms with Crippen LogP contribution in [0.3, 0.4) is 0 Å². The summed E-state index contributed by atoms with van der Waals surface area (Å²) in [4.78, 5) is 2.18. The lowest BCUT2D eigenvalue weighted by molar-refractivity contribution is 0.189. The fraction of sp³-hybridized carbons (Fsp3) is 0.471. The van der Waals surface area contributed by atoms with Gasteiger partial charge in [0.25, 0.3) is 0 Å². The first-order chi connectivity index (χ1) is 10.7. The summed E-state index contributed by atoms with van der Waals surface area (Å²) in [6.07, 6.45) is 0. The Hall–Kier alpha value is -1.43. The Morgan fingerprint density at radius 2 is 1.87 bits per heavy atom. The number of nitrogens with zero attached hydrogens (tertiary/aromatic N) is 3. The van der Waals surface area contributed by atoms with Crippen LogP contribution in [-0.2, 0) is 6.54 Å². The predicted octanol–water partition coefficient (Wildman–Crippen LogP) is 3.40. The first-order valence-corrected chi connectivity index (χ1v) is 7.98. The minimum Gasteiger partial charge on any atom is -0.311 e. The normalized spacial score (nSPS) is 12.2. The molecule has 0 unspecified atom stereocenters. The molecule has 0 atom stereocenters. The van der Waals surface area contributed by atoms with Crippen LogP contribution in [0.25, 0.3) is 5.69 Å². The van der Waals surface area contributed by atoms with E-state index >= 15 is 0 Å². The average molecular weight is 339 g/mol. The van der Waals surface area contributed by atoms with Crippen LogP contribution in [0.15, 0.2) is 24.3 Å². The van der Waals surface area contributed by atoms with E-state index in [-0.39, 0.29) is 11.4 Å². The summed E-state index contributed by atoms with van der Waals surface area (Å²) in [6, 6.07) is 6.14. The lowest BCUT2D eigenvalue weighted by Crippen LogP contribution is -2.46. The number of hydrogen-bond donors (Lipinski definition) is 1. The van der Waals surface area contributed by atoms with Gasteiger partial charge in [0.1, 0.15) is 11.0 Å². The third-order valence-corrected chi connectivity index (χ3v) is 4.65. The second-order valence-corrected chi connectivity index (χ2v) is 6.91. The smallest absolute Gasteiger partial charge is 0.137 e. The van der Waals surface area contributed by atoms with E-state index in [0.717, 1.165) is 23.5 Å². The van der Waals surface area contributed by atoms with E-state index in [1.54, 1.807) is 16.8 Å². The third kappa shape index (κ3) is 4.10. The van der Waals surface area contributed by atoms with Gasteiger partial charge in [0.05, 0.1) is 11.4 Å². The third-order valence-electron chi connectivity index (χ3n) is 4.26. The second-order valence-electron chi connectivity index (χ2n) is 6.55. The molecule has 0 saturated carbocycles. The van der Waals surface area contributed by atoms with Crippen LogP contribution in [0, 0.1) is 12.7 Å². The molecule has 0 saturated heterocycles. The molecule has 0 aliphatic carbocycles. The zero-order valence-electron chi connectivity index (χ0n) is 14.3. The molecule has 0 amide bonds. The standard InChI is InChI=1S/C17H24ClFN4/c1-12-15(10-20-11-17(2,3)22(4)5)16(18)23(21-12)14-8-6-13(19)7-9-14/h6-9,20H,10-11H2,1-5H3. The molecule has 0 aliphatic rings. The van der Waals surface area contributed by atoms with Crippen molar-refractivity contribution in [2.45, 2.75) is 32.9 Å². The number of benzene rings is 1. The van der Waals surface area contributed by atoms with Crippen LogP contribution in [0.2, 0.25) is 5.15 Å². The van der Waals surface area contributed by atoms with E-state index in [0.29, 0.717) is 11.7 Å². The van der Waals surface area contributed by atoms with Gasteiger partial charge in [-0.3, -0.25) is 0 Å². The predicted molar refractivity (Wildman–Crippen MR) is 92.7 cm³/mol. The van der Waals surface area contributed by atoms with E-state index < -0.39 is 0 Å². The zero-order chi connectivity index (χ0) is 17.2. The fourth-order valence-electron chi connectivity index (χ4n) is 2.14. The van der Waals surface area contributed by atoms with Crippen molar-refractivity contribution in [2.75, 3.05) is 20.6 Å². The van der Waals surface area contributed by atoms with Gasteiger partial charge in [0, 0.05) is 24.2 Å². The van der Waals surface area contributed by atoms with Crippen LogP contribution >= 0.6 is 11.6 Å². The average Bonchev–Trinajstić information content (AvgIpc) is 2.76. The molecular formula is C17H24ClFN4. The molecule has 1 heterocycles. The SMILES string of the molecule is Cc1nn(-c2ccc(F)cc2)c(Cl)c1CNCC(C)(C)N(C)C. The summed E-state index contributed by atoms with van der Waals surface area (Å²) in [6.45, 7) is 7.76. The summed E-state index contributed by atoms with van der Waals surface area (Å²) in [5.41, 5.74) is 2.63. The first kappa shape index (κ1) is 17.9. The van der Waals surface area contributed by atoms with Gasteiger partial charge in [-0.1, -0.05) is 11.6 Å². The first-order valence-electron chi connectivity index (χ1n) is 7.60. The molecular weight excluding hydrogens is 315 g/mol. The number of likely N-dealkylation sites (N-methyl/N-ethyl adjacent to an activating group) is 1. The maximum Gasteiger partial charge on any atom is 0.137 e. The second kappa shape index (κ2) is 6.99. The maximum absolute atomic E-state index is 13.1. The molecule has 0 fully saturated rings. The Balaban J connectivity index is 2.14. The van der Waals surface area contributed by atoms with Gasteiger partial charge in [-0.25, -0.2) is 9.07 Å². The Morgan fingerprint density at radius 1 is 1.26 bits per heavy atom. The molecule has 126 valence electrons. The molecule has 1 aromatic heterocycles. The lowest BCUT2D eigenvalue weighted by Gasteiger charge is -2.32. The minimum absolute atomic E-state index is 0.0489. The molecule has 1 aromatic carbocycles. The molecule has 6 heteroatoms. The zero-order valence-corrected chi connectivity index (χ0v) is 15.1. The largest absolute Gasteiger partial charge is 0.311 e. The summed E-state index contributed by atoms with van der Waals surface area (Å²) in [5.74, 6) is -0.276. The van der Waals surface area contributed by atoms with Gasteiger partial charge in [0.15, 0.2) is 0 Å². The summed E-state index contributed by atoms with van der Waals surface area (Å²) >= 11 is 6.47. The molecule has 0 aliphatic heterocycles. The summed E-state index contributed by atoms with van der Waals surface area (Å²) in [5, 5.41) is 8.47. The molecule has 0 radical (unpaired) electrons. The number of aryl methyl sites for hydroxylation is 1. The molecule has 2 aromatic rings. The molecule has 0 spiro atoms. The Labute approximate surface area is 142 Å². The molecule has 4 nitrogen and oxygen atoms in total. The highest BCUT2D eigenvalue weighted by Gasteiger charge is 2.21. The quantitative estimate of drug-likeness (QED) is 0.876. The van der Waals surface area contributed by atoms with Gasteiger partial charge in [-0.05, 0) is 59.1 Å². The summed E-state index contributed by atoms with van der Waals surface area (Å²) in [7, 11) is 4.12. The highest BCUT2D eigenvalue weighted by Crippen LogP contribution is 2.23. The maximum atomic E-state index is 13.1. The van der Waals surface area contributed by atoms with E-state index in [9.17, 15) is 4.39 Å². The van der Waals surface area contributed by atoms with Crippen molar-refractivity contribution in [3.63, 3.8) is 0 Å². The van der Waals surface area contributed by atoms with Crippen molar-refractivity contribution >= 4 is 11.6 Å². The van der Waals surface area contributed by atoms with Crippen molar-refractivity contribution in [2.24, 2.45) is 0 Å². The van der Waals surface area contributed by atoms with Crippen LogP contribution < -0.4 is 5.32 Å². The highest BCUT2D eigenvalue weighted by atomic mass is 35.5. The van der Waals surface area contributed by atoms with Crippen molar-refractivity contribution in [1.29, 1.82) is 0 Å². The minimum atomic E-state index is -0.276. The molecule has 1 N–H and O–H groups in total. The van der Waals surface area contributed by atoms with E-state index in [1.807, 2.05) is 6.92 Å². The molecule has 2 rings (SSSR count). The highest BCUT2D eigenvalue weighted by molar-refractivity contribution is 6.30. The van der Waals surface area contributed by atoms with Crippen LogP contribution in [-0.4, -0.2) is 40.9 Å². The number of nitrogens with one attached hydrogen (secondary N) is 1. The van der Waals surface area contributed by atoms with Crippen LogP contribution in [0.5, 0.6) is 0 Å². The number of rotatable bonds is 6. The van der Waals surface area contributed by atoms with Crippen molar-refractivity contribution in [3.05, 3.63) is 46.5 Å². The van der Waals surface area contributed by atoms with Gasteiger partial charge in [-0.2, -0.15) is 5.10 Å². The van der Waals surface area contributed by atoms with Crippen LogP contribution in [0.4, 0.5) is 4.39 Å². The number of halogens is 2. The summed E-state index contributed by atoms with van der Waals surface area (Å²) < 4.78 is 14.7. The number of hydrogen-bond acceptors (Lipinski definition) is 3. The molecule has 0 bridgehead atoms. The Bertz CT molecular complexity index is 662. The lowest BCUT2D eigenvalue weighted by atomic mass is 10.0. The number of aromatic nitrogens is 2. The van der Waals surface area contributed by atoms with Crippen LogP contribution in [0.1, 0.15) is 25.1 Å². The monoisotopic (exact) mass is 338 g/mol. The Kier molecular flexibility index (Phi) is 5.45. The van der Waals surface area contributed by atoms with E-state index in [4.69, 9.17) is 11.6 Å².